The molecule has 1 aromatic rings. The highest BCUT2D eigenvalue weighted by Crippen LogP contribution is 2.19. The summed E-state index contributed by atoms with van der Waals surface area (Å²) in [6, 6.07) is 7.16. The zero-order valence-electron chi connectivity index (χ0n) is 12.1. The highest BCUT2D eigenvalue weighted by Gasteiger charge is 2.09. The number of amides is 1. The summed E-state index contributed by atoms with van der Waals surface area (Å²) in [7, 11) is 0. The van der Waals surface area contributed by atoms with E-state index in [1.54, 1.807) is 12.1 Å². The van der Waals surface area contributed by atoms with Gasteiger partial charge in [-0.25, -0.2) is 0 Å². The normalized spacial score (nSPS) is 12.2. The van der Waals surface area contributed by atoms with Gasteiger partial charge in [-0.15, -0.1) is 0 Å². The molecule has 0 spiro atoms. The maximum Gasteiger partial charge on any atom is 0.223 e. The van der Waals surface area contributed by atoms with Gasteiger partial charge in [0.25, 0.3) is 0 Å². The van der Waals surface area contributed by atoms with Crippen LogP contribution in [0.2, 0.25) is 0 Å². The van der Waals surface area contributed by atoms with Crippen molar-refractivity contribution < 1.29 is 14.6 Å². The van der Waals surface area contributed by atoms with Crippen LogP contribution >= 0.6 is 0 Å². The summed E-state index contributed by atoms with van der Waals surface area (Å²) >= 11 is 0. The molecule has 0 aliphatic rings. The van der Waals surface area contributed by atoms with Crippen molar-refractivity contribution in [2.45, 2.75) is 32.8 Å². The van der Waals surface area contributed by atoms with Crippen LogP contribution in [0.3, 0.4) is 0 Å². The number of aliphatic hydroxyl groups is 1. The van der Waals surface area contributed by atoms with Crippen molar-refractivity contribution in [2.24, 2.45) is 5.92 Å². The molecule has 0 aliphatic carbocycles. The SMILES string of the molecule is CC(C)CC(O)CNC(=O)CCOc1ccccc1N. The largest absolute Gasteiger partial charge is 0.491 e. The number of nitrogen functional groups attached to an aromatic ring is 1. The summed E-state index contributed by atoms with van der Waals surface area (Å²) in [5, 5.41) is 12.3. The molecule has 0 fully saturated rings. The lowest BCUT2D eigenvalue weighted by Crippen LogP contribution is -2.33. The molecule has 5 heteroatoms. The van der Waals surface area contributed by atoms with Crippen LogP contribution in [0.25, 0.3) is 0 Å². The molecule has 1 amide bonds. The maximum atomic E-state index is 11.6. The van der Waals surface area contributed by atoms with Crippen molar-refractivity contribution >= 4 is 11.6 Å². The lowest BCUT2D eigenvalue weighted by molar-refractivity contribution is -0.122. The second-order valence-electron chi connectivity index (χ2n) is 5.22. The lowest BCUT2D eigenvalue weighted by atomic mass is 10.1. The fraction of sp³-hybridized carbons (Fsp3) is 0.533. The fourth-order valence-electron chi connectivity index (χ4n) is 1.81. The first-order valence-corrected chi connectivity index (χ1v) is 6.91. The number of nitrogens with two attached hydrogens (primary N) is 1. The van der Waals surface area contributed by atoms with Crippen molar-refractivity contribution in [1.82, 2.24) is 5.32 Å². The zero-order chi connectivity index (χ0) is 15.0. The van der Waals surface area contributed by atoms with Crippen molar-refractivity contribution in [3.63, 3.8) is 0 Å². The lowest BCUT2D eigenvalue weighted by Gasteiger charge is -2.14. The quantitative estimate of drug-likeness (QED) is 0.631. The van der Waals surface area contributed by atoms with Crippen LogP contribution in [-0.4, -0.2) is 30.3 Å². The predicted octanol–water partition coefficient (Wildman–Crippen LogP) is 1.56. The number of nitrogens with one attached hydrogen (secondary N) is 1. The highest BCUT2D eigenvalue weighted by molar-refractivity contribution is 5.76. The Bertz CT molecular complexity index is 421. The zero-order valence-corrected chi connectivity index (χ0v) is 12.1. The summed E-state index contributed by atoms with van der Waals surface area (Å²) in [4.78, 5) is 11.6. The molecule has 0 saturated carbocycles. The van der Waals surface area contributed by atoms with Crippen LogP contribution in [0, 0.1) is 5.92 Å². The van der Waals surface area contributed by atoms with E-state index < -0.39 is 6.10 Å². The van der Waals surface area contributed by atoms with Gasteiger partial charge in [0.05, 0.1) is 24.8 Å². The number of para-hydroxylation sites is 2. The van der Waals surface area contributed by atoms with Crippen LogP contribution in [-0.2, 0) is 4.79 Å². The van der Waals surface area contributed by atoms with E-state index in [-0.39, 0.29) is 25.5 Å². The van der Waals surface area contributed by atoms with Crippen molar-refractivity contribution in [3.8, 4) is 5.75 Å². The molecule has 1 unspecified atom stereocenters. The maximum absolute atomic E-state index is 11.6. The number of aliphatic hydroxyl groups excluding tert-OH is 1. The standard InChI is InChI=1S/C15H24N2O3/c1-11(2)9-12(18)10-17-15(19)7-8-20-14-6-4-3-5-13(14)16/h3-6,11-12,18H,7-10,16H2,1-2H3,(H,17,19). The van der Waals surface area contributed by atoms with Gasteiger partial charge in [0.15, 0.2) is 0 Å². The third kappa shape index (κ3) is 6.43. The van der Waals surface area contributed by atoms with Gasteiger partial charge in [-0.1, -0.05) is 26.0 Å². The first kappa shape index (κ1) is 16.3. The number of anilines is 1. The van der Waals surface area contributed by atoms with E-state index in [0.29, 0.717) is 23.8 Å². The van der Waals surface area contributed by atoms with Gasteiger partial charge in [0.1, 0.15) is 5.75 Å². The first-order valence-electron chi connectivity index (χ1n) is 6.91. The number of carbonyl (C=O) groups excluding carboxylic acids is 1. The smallest absolute Gasteiger partial charge is 0.223 e. The van der Waals surface area contributed by atoms with E-state index in [2.05, 4.69) is 5.32 Å². The number of hydrogen-bond donors (Lipinski definition) is 3. The van der Waals surface area contributed by atoms with Gasteiger partial charge in [0.2, 0.25) is 5.91 Å². The van der Waals surface area contributed by atoms with Crippen molar-refractivity contribution in [3.05, 3.63) is 24.3 Å². The summed E-state index contributed by atoms with van der Waals surface area (Å²) in [5.74, 6) is 0.855. The van der Waals surface area contributed by atoms with E-state index in [1.165, 1.54) is 0 Å². The minimum Gasteiger partial charge on any atom is -0.491 e. The third-order valence-electron chi connectivity index (χ3n) is 2.78. The Balaban J connectivity index is 2.19. The second-order valence-corrected chi connectivity index (χ2v) is 5.22. The summed E-state index contributed by atoms with van der Waals surface area (Å²) in [5.41, 5.74) is 6.28. The molecular weight excluding hydrogens is 256 g/mol. The molecule has 0 aliphatic heterocycles. The molecule has 112 valence electrons. The Kier molecular flexibility index (Phi) is 6.87. The van der Waals surface area contributed by atoms with Gasteiger partial charge >= 0.3 is 0 Å². The number of benzene rings is 1. The van der Waals surface area contributed by atoms with E-state index in [4.69, 9.17) is 10.5 Å². The van der Waals surface area contributed by atoms with Crippen LogP contribution < -0.4 is 15.8 Å². The molecule has 0 aromatic heterocycles. The van der Waals surface area contributed by atoms with Gasteiger partial charge in [-0.3, -0.25) is 4.79 Å². The summed E-state index contributed by atoms with van der Waals surface area (Å²) in [6.45, 7) is 4.61. The topological polar surface area (TPSA) is 84.6 Å². The molecule has 1 rings (SSSR count). The minimum atomic E-state index is -0.496. The fourth-order valence-corrected chi connectivity index (χ4v) is 1.81. The third-order valence-corrected chi connectivity index (χ3v) is 2.78. The molecule has 20 heavy (non-hydrogen) atoms. The monoisotopic (exact) mass is 280 g/mol. The Labute approximate surface area is 120 Å². The number of ether oxygens (including phenoxy) is 1. The van der Waals surface area contributed by atoms with E-state index in [0.717, 1.165) is 0 Å². The molecule has 1 atom stereocenters. The van der Waals surface area contributed by atoms with Gasteiger partial charge in [-0.05, 0) is 24.5 Å². The Morgan fingerprint density at radius 3 is 2.75 bits per heavy atom. The van der Waals surface area contributed by atoms with Crippen molar-refractivity contribution in [1.29, 1.82) is 0 Å². The average molecular weight is 280 g/mol. The Morgan fingerprint density at radius 2 is 2.10 bits per heavy atom. The summed E-state index contributed by atoms with van der Waals surface area (Å²) in [6.07, 6.45) is 0.421. The van der Waals surface area contributed by atoms with E-state index >= 15 is 0 Å². The number of carbonyl (C=O) groups is 1. The van der Waals surface area contributed by atoms with Crippen molar-refractivity contribution in [2.75, 3.05) is 18.9 Å². The minimum absolute atomic E-state index is 0.137. The molecule has 0 saturated heterocycles. The summed E-state index contributed by atoms with van der Waals surface area (Å²) < 4.78 is 5.43. The Hall–Kier alpha value is -1.75. The highest BCUT2D eigenvalue weighted by atomic mass is 16.5. The molecule has 5 nitrogen and oxygen atoms in total. The predicted molar refractivity (Wildman–Crippen MR) is 79.4 cm³/mol. The second kappa shape index (κ2) is 8.43. The molecule has 4 N–H and O–H groups in total. The van der Waals surface area contributed by atoms with Crippen LogP contribution in [0.1, 0.15) is 26.7 Å². The molecule has 0 radical (unpaired) electrons. The van der Waals surface area contributed by atoms with Gasteiger partial charge in [-0.2, -0.15) is 0 Å². The van der Waals surface area contributed by atoms with Gasteiger partial charge in [0, 0.05) is 6.54 Å². The van der Waals surface area contributed by atoms with E-state index in [9.17, 15) is 9.90 Å². The van der Waals surface area contributed by atoms with E-state index in [1.807, 2.05) is 26.0 Å². The average Bonchev–Trinajstić information content (AvgIpc) is 2.38. The number of rotatable bonds is 8. The molecule has 0 heterocycles. The molecular formula is C15H24N2O3. The first-order chi connectivity index (χ1) is 9.49. The van der Waals surface area contributed by atoms with Crippen LogP contribution in [0.15, 0.2) is 24.3 Å². The number of hydrogen-bond acceptors (Lipinski definition) is 4. The molecule has 0 bridgehead atoms. The van der Waals surface area contributed by atoms with Gasteiger partial charge < -0.3 is 20.9 Å². The van der Waals surface area contributed by atoms with Crippen LogP contribution in [0.5, 0.6) is 5.75 Å². The Morgan fingerprint density at radius 1 is 1.40 bits per heavy atom. The van der Waals surface area contributed by atoms with Crippen LogP contribution in [0.4, 0.5) is 5.69 Å². The molecule has 1 aromatic carbocycles.